The van der Waals surface area contributed by atoms with Crippen molar-refractivity contribution in [3.63, 3.8) is 0 Å². The van der Waals surface area contributed by atoms with Crippen molar-refractivity contribution in [2.45, 2.75) is 33.1 Å². The third-order valence-electron chi connectivity index (χ3n) is 3.35. The van der Waals surface area contributed by atoms with Crippen molar-refractivity contribution in [2.75, 3.05) is 11.1 Å². The number of amides is 1. The van der Waals surface area contributed by atoms with Gasteiger partial charge in [0.05, 0.1) is 0 Å². The highest BCUT2D eigenvalue weighted by molar-refractivity contribution is 5.94. The largest absolute Gasteiger partial charge is 0.399 e. The predicted octanol–water partition coefficient (Wildman–Crippen LogP) is 2.62. The Balaban J connectivity index is 2.14. The lowest BCUT2D eigenvalue weighted by atomic mass is 9.84. The molecule has 0 radical (unpaired) electrons. The van der Waals surface area contributed by atoms with Crippen molar-refractivity contribution < 1.29 is 4.79 Å². The van der Waals surface area contributed by atoms with Gasteiger partial charge in [-0.2, -0.15) is 0 Å². The van der Waals surface area contributed by atoms with Gasteiger partial charge < -0.3 is 11.1 Å². The second-order valence-electron chi connectivity index (χ2n) is 4.64. The van der Waals surface area contributed by atoms with E-state index in [2.05, 4.69) is 5.32 Å². The van der Waals surface area contributed by atoms with Gasteiger partial charge >= 0.3 is 0 Å². The molecule has 0 unspecified atom stereocenters. The third kappa shape index (κ3) is 2.03. The lowest BCUT2D eigenvalue weighted by molar-refractivity contribution is -0.122. The highest BCUT2D eigenvalue weighted by Crippen LogP contribution is 2.29. The zero-order chi connectivity index (χ0) is 11.7. The average molecular weight is 218 g/mol. The van der Waals surface area contributed by atoms with E-state index in [1.807, 2.05) is 26.0 Å². The summed E-state index contributed by atoms with van der Waals surface area (Å²) in [6.45, 7) is 3.92. The molecule has 0 bridgehead atoms. The first-order valence-electron chi connectivity index (χ1n) is 5.75. The molecule has 0 saturated heterocycles. The number of hydrogen-bond donors (Lipinski definition) is 2. The fourth-order valence-corrected chi connectivity index (χ4v) is 1.88. The maximum atomic E-state index is 11.8. The molecule has 1 saturated carbocycles. The van der Waals surface area contributed by atoms with E-state index in [-0.39, 0.29) is 11.8 Å². The molecule has 1 aliphatic rings. The van der Waals surface area contributed by atoms with E-state index in [4.69, 9.17) is 5.73 Å². The quantitative estimate of drug-likeness (QED) is 0.750. The normalized spacial score (nSPS) is 15.6. The summed E-state index contributed by atoms with van der Waals surface area (Å²) in [6, 6.07) is 3.85. The molecule has 1 fully saturated rings. The minimum Gasteiger partial charge on any atom is -0.399 e. The van der Waals surface area contributed by atoms with Crippen molar-refractivity contribution in [1.29, 1.82) is 0 Å². The van der Waals surface area contributed by atoms with Gasteiger partial charge in [0.1, 0.15) is 0 Å². The topological polar surface area (TPSA) is 55.1 Å². The van der Waals surface area contributed by atoms with Crippen LogP contribution in [0.5, 0.6) is 0 Å². The van der Waals surface area contributed by atoms with E-state index in [9.17, 15) is 4.79 Å². The van der Waals surface area contributed by atoms with Crippen LogP contribution < -0.4 is 11.1 Å². The predicted molar refractivity (Wildman–Crippen MR) is 66.3 cm³/mol. The molecule has 2 rings (SSSR count). The Morgan fingerprint density at radius 3 is 2.56 bits per heavy atom. The second-order valence-corrected chi connectivity index (χ2v) is 4.64. The summed E-state index contributed by atoms with van der Waals surface area (Å²) in [4.78, 5) is 11.8. The molecule has 0 spiro atoms. The van der Waals surface area contributed by atoms with E-state index < -0.39 is 0 Å². The minimum atomic E-state index is 0.151. The van der Waals surface area contributed by atoms with Crippen molar-refractivity contribution >= 4 is 17.3 Å². The van der Waals surface area contributed by atoms with Crippen LogP contribution in [-0.4, -0.2) is 5.91 Å². The summed E-state index contributed by atoms with van der Waals surface area (Å²) in [5, 5.41) is 2.99. The Morgan fingerprint density at radius 2 is 2.00 bits per heavy atom. The molecule has 3 heteroatoms. The van der Waals surface area contributed by atoms with Crippen LogP contribution in [0.15, 0.2) is 12.1 Å². The van der Waals surface area contributed by atoms with Gasteiger partial charge in [0.2, 0.25) is 5.91 Å². The molecule has 1 aromatic rings. The monoisotopic (exact) mass is 218 g/mol. The fraction of sp³-hybridized carbons (Fsp3) is 0.462. The van der Waals surface area contributed by atoms with Gasteiger partial charge in [0.25, 0.3) is 0 Å². The number of benzene rings is 1. The maximum Gasteiger partial charge on any atom is 0.227 e. The highest BCUT2D eigenvalue weighted by Gasteiger charge is 2.25. The molecule has 0 aliphatic heterocycles. The number of carbonyl (C=O) groups excluding carboxylic acids is 1. The first-order chi connectivity index (χ1) is 7.58. The first kappa shape index (κ1) is 11.0. The van der Waals surface area contributed by atoms with E-state index >= 15 is 0 Å². The average Bonchev–Trinajstić information content (AvgIpc) is 2.11. The minimum absolute atomic E-state index is 0.151. The number of aryl methyl sites for hydroxylation is 2. The molecule has 1 aromatic carbocycles. The molecule has 1 aliphatic carbocycles. The summed E-state index contributed by atoms with van der Waals surface area (Å²) in [5.41, 5.74) is 9.51. The van der Waals surface area contributed by atoms with Gasteiger partial charge in [-0.3, -0.25) is 4.79 Å². The molecular weight excluding hydrogens is 200 g/mol. The van der Waals surface area contributed by atoms with Crippen LogP contribution in [0.1, 0.15) is 30.4 Å². The van der Waals surface area contributed by atoms with Gasteiger partial charge in [-0.05, 0) is 49.9 Å². The van der Waals surface area contributed by atoms with Gasteiger partial charge in [-0.1, -0.05) is 6.42 Å². The molecule has 16 heavy (non-hydrogen) atoms. The van der Waals surface area contributed by atoms with Gasteiger partial charge in [-0.15, -0.1) is 0 Å². The summed E-state index contributed by atoms with van der Waals surface area (Å²) in [6.07, 6.45) is 3.23. The Labute approximate surface area is 96.0 Å². The molecule has 0 atom stereocenters. The number of nitrogens with one attached hydrogen (secondary N) is 1. The lowest BCUT2D eigenvalue weighted by Gasteiger charge is -2.24. The number of nitrogen functional groups attached to an aromatic ring is 1. The van der Waals surface area contributed by atoms with E-state index in [0.717, 1.165) is 35.3 Å². The third-order valence-corrected chi connectivity index (χ3v) is 3.35. The highest BCUT2D eigenvalue weighted by atomic mass is 16.1. The molecular formula is C13H18N2O. The van der Waals surface area contributed by atoms with Crippen LogP contribution in [0.3, 0.4) is 0 Å². The van der Waals surface area contributed by atoms with Crippen LogP contribution in [-0.2, 0) is 4.79 Å². The Bertz CT molecular complexity index is 422. The number of carbonyl (C=O) groups is 1. The van der Waals surface area contributed by atoms with Gasteiger partial charge in [-0.25, -0.2) is 0 Å². The van der Waals surface area contributed by atoms with Crippen LogP contribution in [0.2, 0.25) is 0 Å². The number of anilines is 2. The van der Waals surface area contributed by atoms with Crippen LogP contribution >= 0.6 is 0 Å². The summed E-state index contributed by atoms with van der Waals surface area (Å²) in [5.74, 6) is 0.371. The molecule has 1 amide bonds. The van der Waals surface area contributed by atoms with Crippen LogP contribution in [0.25, 0.3) is 0 Å². The summed E-state index contributed by atoms with van der Waals surface area (Å²) < 4.78 is 0. The lowest BCUT2D eigenvalue weighted by Crippen LogP contribution is -2.28. The zero-order valence-corrected chi connectivity index (χ0v) is 9.84. The number of nitrogens with two attached hydrogens (primary N) is 1. The van der Waals surface area contributed by atoms with Crippen molar-refractivity contribution in [1.82, 2.24) is 0 Å². The molecule has 3 N–H and O–H groups in total. The Kier molecular flexibility index (Phi) is 2.86. The van der Waals surface area contributed by atoms with E-state index in [0.29, 0.717) is 0 Å². The van der Waals surface area contributed by atoms with Crippen molar-refractivity contribution in [3.05, 3.63) is 23.3 Å². The Morgan fingerprint density at radius 1 is 1.31 bits per heavy atom. The molecule has 3 nitrogen and oxygen atoms in total. The van der Waals surface area contributed by atoms with Crippen LogP contribution in [0.4, 0.5) is 11.4 Å². The fourth-order valence-electron chi connectivity index (χ4n) is 1.88. The maximum absolute atomic E-state index is 11.8. The summed E-state index contributed by atoms with van der Waals surface area (Å²) >= 11 is 0. The first-order valence-corrected chi connectivity index (χ1v) is 5.75. The molecule has 0 aromatic heterocycles. The molecule has 0 heterocycles. The van der Waals surface area contributed by atoms with Crippen molar-refractivity contribution in [3.8, 4) is 0 Å². The zero-order valence-electron chi connectivity index (χ0n) is 9.84. The SMILES string of the molecule is Cc1cc(NC(=O)C2CCC2)c(C)cc1N. The van der Waals surface area contributed by atoms with E-state index in [1.54, 1.807) is 0 Å². The molecule has 86 valence electrons. The summed E-state index contributed by atoms with van der Waals surface area (Å²) in [7, 11) is 0. The number of hydrogen-bond acceptors (Lipinski definition) is 2. The van der Waals surface area contributed by atoms with Gasteiger partial charge in [0.15, 0.2) is 0 Å². The second kappa shape index (κ2) is 4.16. The van der Waals surface area contributed by atoms with E-state index in [1.165, 1.54) is 6.42 Å². The Hall–Kier alpha value is -1.51. The number of rotatable bonds is 2. The van der Waals surface area contributed by atoms with Crippen molar-refractivity contribution in [2.24, 2.45) is 5.92 Å². The standard InChI is InChI=1S/C13H18N2O/c1-8-7-12(9(2)6-11(8)14)15-13(16)10-4-3-5-10/h6-7,10H,3-5,14H2,1-2H3,(H,15,16). The van der Waals surface area contributed by atoms with Gasteiger partial charge in [0, 0.05) is 17.3 Å². The van der Waals surface area contributed by atoms with Crippen LogP contribution in [0, 0.1) is 19.8 Å². The smallest absolute Gasteiger partial charge is 0.227 e.